The van der Waals surface area contributed by atoms with Gasteiger partial charge < -0.3 is 4.90 Å². The number of hydrogen-bond acceptors (Lipinski definition) is 2. The molecule has 4 heteroatoms. The maximum Gasteiger partial charge on any atom is 0.162 e. The van der Waals surface area contributed by atoms with Crippen LogP contribution < -0.4 is 0 Å². The van der Waals surface area contributed by atoms with Gasteiger partial charge in [-0.3, -0.25) is 4.79 Å². The molecule has 1 atom stereocenters. The molecule has 0 amide bonds. The highest BCUT2D eigenvalue weighted by atomic mass is 35.5. The fourth-order valence-electron chi connectivity index (χ4n) is 1.94. The second-order valence-corrected chi connectivity index (χ2v) is 5.84. The van der Waals surface area contributed by atoms with Crippen LogP contribution in [0.25, 0.3) is 6.08 Å². The molecule has 0 N–H and O–H groups in total. The first-order valence-electron chi connectivity index (χ1n) is 6.13. The lowest BCUT2D eigenvalue weighted by Gasteiger charge is -2.16. The molecular weight excluding hydrogens is 281 g/mol. The van der Waals surface area contributed by atoms with Crippen molar-refractivity contribution in [3.8, 4) is 0 Å². The first-order chi connectivity index (χ1) is 8.81. The van der Waals surface area contributed by atoms with Crippen LogP contribution in [-0.4, -0.2) is 31.3 Å². The molecule has 104 valence electrons. The van der Waals surface area contributed by atoms with Gasteiger partial charge in [0.25, 0.3) is 0 Å². The lowest BCUT2D eigenvalue weighted by molar-refractivity contribution is -0.119. The zero-order chi connectivity index (χ0) is 14.6. The molecule has 1 aromatic carbocycles. The standard InChI is InChI=1S/C15H19Cl2NO/c1-10(15(19)11(2)9-18(3)4)7-12-5-6-13(16)14(17)8-12/h5-8,11H,9H2,1-4H3. The Balaban J connectivity index is 2.86. The Bertz CT molecular complexity index is 495. The summed E-state index contributed by atoms with van der Waals surface area (Å²) < 4.78 is 0. The van der Waals surface area contributed by atoms with Crippen LogP contribution in [0.3, 0.4) is 0 Å². The molecule has 0 spiro atoms. The van der Waals surface area contributed by atoms with Crippen molar-refractivity contribution in [3.05, 3.63) is 39.4 Å². The molecule has 1 rings (SSSR count). The number of carbonyl (C=O) groups excluding carboxylic acids is 1. The average Bonchev–Trinajstić information content (AvgIpc) is 2.32. The van der Waals surface area contributed by atoms with Gasteiger partial charge in [-0.05, 0) is 50.4 Å². The third-order valence-electron chi connectivity index (χ3n) is 2.80. The minimum absolute atomic E-state index is 0.0194. The smallest absolute Gasteiger partial charge is 0.162 e. The van der Waals surface area contributed by atoms with Crippen molar-refractivity contribution in [2.75, 3.05) is 20.6 Å². The van der Waals surface area contributed by atoms with Crippen molar-refractivity contribution >= 4 is 35.1 Å². The summed E-state index contributed by atoms with van der Waals surface area (Å²) in [6, 6.07) is 5.34. The number of ketones is 1. The first-order valence-corrected chi connectivity index (χ1v) is 6.89. The molecular formula is C15H19Cl2NO. The van der Waals surface area contributed by atoms with Crippen molar-refractivity contribution < 1.29 is 4.79 Å². The zero-order valence-electron chi connectivity index (χ0n) is 11.7. The Hall–Kier alpha value is -0.830. The van der Waals surface area contributed by atoms with Gasteiger partial charge in [0.15, 0.2) is 5.78 Å². The Labute approximate surface area is 125 Å². The van der Waals surface area contributed by atoms with E-state index in [0.717, 1.165) is 17.7 Å². The zero-order valence-corrected chi connectivity index (χ0v) is 13.2. The van der Waals surface area contributed by atoms with Gasteiger partial charge in [0.05, 0.1) is 10.0 Å². The largest absolute Gasteiger partial charge is 0.309 e. The van der Waals surface area contributed by atoms with E-state index in [1.807, 2.05) is 45.0 Å². The minimum atomic E-state index is -0.0194. The third kappa shape index (κ3) is 4.98. The van der Waals surface area contributed by atoms with Gasteiger partial charge in [-0.15, -0.1) is 0 Å². The van der Waals surface area contributed by atoms with Crippen molar-refractivity contribution in [3.63, 3.8) is 0 Å². The van der Waals surface area contributed by atoms with E-state index in [0.29, 0.717) is 10.0 Å². The van der Waals surface area contributed by atoms with Crippen molar-refractivity contribution in [1.29, 1.82) is 0 Å². The Kier molecular flexibility index (Phi) is 6.05. The number of halogens is 2. The van der Waals surface area contributed by atoms with Crippen LogP contribution in [0.15, 0.2) is 23.8 Å². The maximum absolute atomic E-state index is 12.2. The van der Waals surface area contributed by atoms with Gasteiger partial charge >= 0.3 is 0 Å². The van der Waals surface area contributed by atoms with Crippen molar-refractivity contribution in [1.82, 2.24) is 4.90 Å². The van der Waals surface area contributed by atoms with E-state index < -0.39 is 0 Å². The fourth-order valence-corrected chi connectivity index (χ4v) is 2.25. The van der Waals surface area contributed by atoms with E-state index in [1.165, 1.54) is 0 Å². The monoisotopic (exact) mass is 299 g/mol. The second-order valence-electron chi connectivity index (χ2n) is 5.03. The van der Waals surface area contributed by atoms with E-state index >= 15 is 0 Å². The number of benzene rings is 1. The van der Waals surface area contributed by atoms with E-state index in [1.54, 1.807) is 12.1 Å². The summed E-state index contributed by atoms with van der Waals surface area (Å²) in [6.45, 7) is 4.51. The van der Waals surface area contributed by atoms with Crippen LogP contribution in [0.2, 0.25) is 10.0 Å². The van der Waals surface area contributed by atoms with E-state index in [-0.39, 0.29) is 11.7 Å². The summed E-state index contributed by atoms with van der Waals surface area (Å²) in [5, 5.41) is 1.01. The normalized spacial score (nSPS) is 13.7. The maximum atomic E-state index is 12.2. The quantitative estimate of drug-likeness (QED) is 0.761. The lowest BCUT2D eigenvalue weighted by Crippen LogP contribution is -2.26. The van der Waals surface area contributed by atoms with Crippen molar-refractivity contribution in [2.24, 2.45) is 5.92 Å². The summed E-state index contributed by atoms with van der Waals surface area (Å²) in [5.74, 6) is 0.133. The molecule has 0 heterocycles. The predicted octanol–water partition coefficient (Wildman–Crippen LogP) is 4.16. The van der Waals surface area contributed by atoms with E-state index in [2.05, 4.69) is 0 Å². The highest BCUT2D eigenvalue weighted by molar-refractivity contribution is 6.42. The van der Waals surface area contributed by atoms with Crippen LogP contribution >= 0.6 is 23.2 Å². The predicted molar refractivity (Wildman–Crippen MR) is 82.8 cm³/mol. The second kappa shape index (κ2) is 7.09. The summed E-state index contributed by atoms with van der Waals surface area (Å²) in [5.41, 5.74) is 1.62. The van der Waals surface area contributed by atoms with Crippen molar-refractivity contribution in [2.45, 2.75) is 13.8 Å². The molecule has 0 fully saturated rings. The summed E-state index contributed by atoms with van der Waals surface area (Å²) >= 11 is 11.8. The van der Waals surface area contributed by atoms with Gasteiger partial charge in [-0.25, -0.2) is 0 Å². The molecule has 0 bridgehead atoms. The number of nitrogens with zero attached hydrogens (tertiary/aromatic N) is 1. The van der Waals surface area contributed by atoms with Gasteiger partial charge in [-0.2, -0.15) is 0 Å². The van der Waals surface area contributed by atoms with Crippen LogP contribution in [-0.2, 0) is 4.79 Å². The number of carbonyl (C=O) groups is 1. The summed E-state index contributed by atoms with van der Waals surface area (Å²) in [7, 11) is 3.92. The molecule has 0 aliphatic carbocycles. The van der Waals surface area contributed by atoms with Gasteiger partial charge in [-0.1, -0.05) is 36.2 Å². The minimum Gasteiger partial charge on any atom is -0.309 e. The Morgan fingerprint density at radius 1 is 1.32 bits per heavy atom. The summed E-state index contributed by atoms with van der Waals surface area (Å²) in [4.78, 5) is 14.2. The summed E-state index contributed by atoms with van der Waals surface area (Å²) in [6.07, 6.45) is 1.84. The molecule has 0 radical (unpaired) electrons. The number of hydrogen-bond donors (Lipinski definition) is 0. The van der Waals surface area contributed by atoms with Gasteiger partial charge in [0.1, 0.15) is 0 Å². The average molecular weight is 300 g/mol. The number of Topliss-reactive ketones (excluding diaryl/α,β-unsaturated/α-hetero) is 1. The first kappa shape index (κ1) is 16.2. The number of allylic oxidation sites excluding steroid dienone is 1. The molecule has 0 aliphatic heterocycles. The number of rotatable bonds is 5. The van der Waals surface area contributed by atoms with Gasteiger partial charge in [0.2, 0.25) is 0 Å². The molecule has 0 aromatic heterocycles. The molecule has 0 saturated carbocycles. The highest BCUT2D eigenvalue weighted by Crippen LogP contribution is 2.24. The van der Waals surface area contributed by atoms with E-state index in [4.69, 9.17) is 23.2 Å². The van der Waals surface area contributed by atoms with Gasteiger partial charge in [0, 0.05) is 12.5 Å². The van der Waals surface area contributed by atoms with Crippen LogP contribution in [0.4, 0.5) is 0 Å². The Morgan fingerprint density at radius 3 is 2.47 bits per heavy atom. The van der Waals surface area contributed by atoms with Crippen LogP contribution in [0.1, 0.15) is 19.4 Å². The molecule has 2 nitrogen and oxygen atoms in total. The van der Waals surface area contributed by atoms with Crippen LogP contribution in [0, 0.1) is 5.92 Å². The van der Waals surface area contributed by atoms with E-state index in [9.17, 15) is 4.79 Å². The Morgan fingerprint density at radius 2 is 1.95 bits per heavy atom. The SMILES string of the molecule is CC(=Cc1ccc(Cl)c(Cl)c1)C(=O)C(C)CN(C)C. The topological polar surface area (TPSA) is 20.3 Å². The molecule has 19 heavy (non-hydrogen) atoms. The lowest BCUT2D eigenvalue weighted by atomic mass is 9.98. The molecule has 0 saturated heterocycles. The van der Waals surface area contributed by atoms with Crippen LogP contribution in [0.5, 0.6) is 0 Å². The third-order valence-corrected chi connectivity index (χ3v) is 3.54. The molecule has 0 aliphatic rings. The fraction of sp³-hybridized carbons (Fsp3) is 0.400. The molecule has 1 unspecified atom stereocenters. The highest BCUT2D eigenvalue weighted by Gasteiger charge is 2.15. The molecule has 1 aromatic rings.